The van der Waals surface area contributed by atoms with Crippen LogP contribution in [0.15, 0.2) is 18.5 Å². The number of hydrogen-bond acceptors (Lipinski definition) is 3. The van der Waals surface area contributed by atoms with Gasteiger partial charge in [0.05, 0.1) is 12.8 Å². The summed E-state index contributed by atoms with van der Waals surface area (Å²) in [6.45, 7) is 1.07. The highest BCUT2D eigenvalue weighted by Crippen LogP contribution is 2.10. The maximum absolute atomic E-state index is 5.53. The molecule has 3 nitrogen and oxygen atoms in total. The number of alkyl halides is 1. The molecule has 0 aliphatic carbocycles. The van der Waals surface area contributed by atoms with E-state index in [1.165, 1.54) is 0 Å². The van der Waals surface area contributed by atoms with Crippen molar-refractivity contribution in [3.8, 4) is 17.6 Å². The quantitative estimate of drug-likeness (QED) is 0.448. The summed E-state index contributed by atoms with van der Waals surface area (Å²) < 4.78 is 10.3. The van der Waals surface area contributed by atoms with E-state index in [1.54, 1.807) is 19.5 Å². The molecule has 0 aliphatic rings. The van der Waals surface area contributed by atoms with Crippen molar-refractivity contribution in [2.45, 2.75) is 6.42 Å². The van der Waals surface area contributed by atoms with Crippen LogP contribution in [-0.4, -0.2) is 31.2 Å². The Balaban J connectivity index is 2.54. The third kappa shape index (κ3) is 5.01. The maximum atomic E-state index is 5.53. The molecule has 0 radical (unpaired) electrons. The van der Waals surface area contributed by atoms with Crippen molar-refractivity contribution in [1.82, 2.24) is 4.98 Å². The molecule has 4 heteroatoms. The molecule has 16 heavy (non-hydrogen) atoms. The lowest BCUT2D eigenvalue weighted by molar-refractivity contribution is 0.146. The van der Waals surface area contributed by atoms with Gasteiger partial charge in [0, 0.05) is 31.2 Å². The van der Waals surface area contributed by atoms with Crippen LogP contribution in [0.25, 0.3) is 0 Å². The van der Waals surface area contributed by atoms with Crippen LogP contribution in [0.4, 0.5) is 0 Å². The zero-order chi connectivity index (χ0) is 11.6. The molecule has 0 saturated heterocycles. The van der Waals surface area contributed by atoms with Crippen LogP contribution in [-0.2, 0) is 4.74 Å². The standard InChI is InChI=1S/C12H14ClNO2/c1-15-6-7-16-12-8-11(9-14-10-12)4-2-3-5-13/h8-10H,3,5-7H2,1H3. The molecule has 1 aromatic rings. The lowest BCUT2D eigenvalue weighted by atomic mass is 10.3. The third-order valence-corrected chi connectivity index (χ3v) is 1.91. The molecule has 0 N–H and O–H groups in total. The van der Waals surface area contributed by atoms with Gasteiger partial charge in [-0.3, -0.25) is 4.98 Å². The normalized spacial score (nSPS) is 9.38. The predicted molar refractivity (Wildman–Crippen MR) is 63.8 cm³/mol. The van der Waals surface area contributed by atoms with Crippen LogP contribution in [0.1, 0.15) is 12.0 Å². The van der Waals surface area contributed by atoms with Gasteiger partial charge in [0.25, 0.3) is 0 Å². The molecule has 0 saturated carbocycles. The first-order chi connectivity index (χ1) is 7.86. The van der Waals surface area contributed by atoms with Gasteiger partial charge < -0.3 is 9.47 Å². The van der Waals surface area contributed by atoms with Gasteiger partial charge in [-0.15, -0.1) is 11.6 Å². The Kier molecular flexibility index (Phi) is 6.39. The fourth-order valence-electron chi connectivity index (χ4n) is 1.02. The molecule has 0 amide bonds. The van der Waals surface area contributed by atoms with Crippen LogP contribution < -0.4 is 4.74 Å². The fraction of sp³-hybridized carbons (Fsp3) is 0.417. The second-order valence-corrected chi connectivity index (χ2v) is 3.37. The van der Waals surface area contributed by atoms with E-state index in [-0.39, 0.29) is 0 Å². The van der Waals surface area contributed by atoms with Crippen LogP contribution in [0, 0.1) is 11.8 Å². The molecule has 86 valence electrons. The minimum Gasteiger partial charge on any atom is -0.490 e. The Morgan fingerprint density at radius 1 is 1.38 bits per heavy atom. The highest BCUT2D eigenvalue weighted by Gasteiger charge is 1.95. The molecular weight excluding hydrogens is 226 g/mol. The Morgan fingerprint density at radius 2 is 2.25 bits per heavy atom. The van der Waals surface area contributed by atoms with Gasteiger partial charge in [0.1, 0.15) is 12.4 Å². The van der Waals surface area contributed by atoms with Crippen LogP contribution in [0.3, 0.4) is 0 Å². The number of ether oxygens (including phenoxy) is 2. The highest BCUT2D eigenvalue weighted by molar-refractivity contribution is 6.18. The lowest BCUT2D eigenvalue weighted by Crippen LogP contribution is -2.04. The van der Waals surface area contributed by atoms with Crippen molar-refractivity contribution in [3.05, 3.63) is 24.0 Å². The molecule has 0 bridgehead atoms. The predicted octanol–water partition coefficient (Wildman–Crippen LogP) is 2.09. The first-order valence-electron chi connectivity index (χ1n) is 4.98. The molecule has 0 fully saturated rings. The average Bonchev–Trinajstić information content (AvgIpc) is 2.30. The zero-order valence-corrected chi connectivity index (χ0v) is 9.96. The van der Waals surface area contributed by atoms with Crippen LogP contribution >= 0.6 is 11.6 Å². The average molecular weight is 240 g/mol. The first kappa shape index (κ1) is 12.8. The number of halogens is 1. The van der Waals surface area contributed by atoms with Gasteiger partial charge >= 0.3 is 0 Å². The number of rotatable bonds is 5. The van der Waals surface area contributed by atoms with Gasteiger partial charge in [-0.1, -0.05) is 11.8 Å². The minimum absolute atomic E-state index is 0.511. The van der Waals surface area contributed by atoms with E-state index in [1.807, 2.05) is 6.07 Å². The van der Waals surface area contributed by atoms with E-state index < -0.39 is 0 Å². The van der Waals surface area contributed by atoms with Gasteiger partial charge in [-0.25, -0.2) is 0 Å². The summed E-state index contributed by atoms with van der Waals surface area (Å²) in [6.07, 6.45) is 4.03. The maximum Gasteiger partial charge on any atom is 0.138 e. The summed E-state index contributed by atoms with van der Waals surface area (Å²) in [5.41, 5.74) is 0.833. The highest BCUT2D eigenvalue weighted by atomic mass is 35.5. The van der Waals surface area contributed by atoms with E-state index in [2.05, 4.69) is 16.8 Å². The Hall–Kier alpha value is -1.24. The second-order valence-electron chi connectivity index (χ2n) is 2.99. The fourth-order valence-corrected chi connectivity index (χ4v) is 1.12. The summed E-state index contributed by atoms with van der Waals surface area (Å²) in [6, 6.07) is 1.85. The molecule has 0 atom stereocenters. The number of hydrogen-bond donors (Lipinski definition) is 0. The molecule has 0 aliphatic heterocycles. The molecule has 1 aromatic heterocycles. The molecule has 1 rings (SSSR count). The second kappa shape index (κ2) is 7.98. The van der Waals surface area contributed by atoms with Gasteiger partial charge in [-0.05, 0) is 6.07 Å². The van der Waals surface area contributed by atoms with E-state index in [0.717, 1.165) is 5.56 Å². The number of methoxy groups -OCH3 is 1. The van der Waals surface area contributed by atoms with E-state index in [4.69, 9.17) is 21.1 Å². The molecular formula is C12H14ClNO2. The minimum atomic E-state index is 0.511. The first-order valence-corrected chi connectivity index (χ1v) is 5.52. The van der Waals surface area contributed by atoms with Crippen molar-refractivity contribution < 1.29 is 9.47 Å². The molecule has 0 spiro atoms. The third-order valence-electron chi connectivity index (χ3n) is 1.72. The van der Waals surface area contributed by atoms with Crippen molar-refractivity contribution >= 4 is 11.6 Å². The van der Waals surface area contributed by atoms with E-state index in [0.29, 0.717) is 31.3 Å². The summed E-state index contributed by atoms with van der Waals surface area (Å²) in [4.78, 5) is 4.04. The van der Waals surface area contributed by atoms with Gasteiger partial charge in [0.2, 0.25) is 0 Å². The Bertz CT molecular complexity index is 371. The summed E-state index contributed by atoms with van der Waals surface area (Å²) in [5, 5.41) is 0. The van der Waals surface area contributed by atoms with E-state index in [9.17, 15) is 0 Å². The summed E-state index contributed by atoms with van der Waals surface area (Å²) in [7, 11) is 1.63. The van der Waals surface area contributed by atoms with Crippen molar-refractivity contribution in [3.63, 3.8) is 0 Å². The molecule has 1 heterocycles. The summed E-state index contributed by atoms with van der Waals surface area (Å²) >= 11 is 5.53. The van der Waals surface area contributed by atoms with Gasteiger partial charge in [0.15, 0.2) is 0 Å². The van der Waals surface area contributed by atoms with Crippen LogP contribution in [0.2, 0.25) is 0 Å². The van der Waals surface area contributed by atoms with Crippen molar-refractivity contribution in [2.24, 2.45) is 0 Å². The monoisotopic (exact) mass is 239 g/mol. The topological polar surface area (TPSA) is 31.4 Å². The SMILES string of the molecule is COCCOc1cncc(C#CCCCl)c1. The summed E-state index contributed by atoms with van der Waals surface area (Å²) in [5.74, 6) is 7.16. The number of pyridine rings is 1. The molecule has 0 aromatic carbocycles. The van der Waals surface area contributed by atoms with Crippen molar-refractivity contribution in [2.75, 3.05) is 26.2 Å². The zero-order valence-electron chi connectivity index (χ0n) is 9.20. The number of aromatic nitrogens is 1. The Morgan fingerprint density at radius 3 is 3.00 bits per heavy atom. The Labute approximate surface area is 101 Å². The van der Waals surface area contributed by atoms with Crippen LogP contribution in [0.5, 0.6) is 5.75 Å². The van der Waals surface area contributed by atoms with Crippen molar-refractivity contribution in [1.29, 1.82) is 0 Å². The number of nitrogens with zero attached hydrogens (tertiary/aromatic N) is 1. The smallest absolute Gasteiger partial charge is 0.138 e. The largest absolute Gasteiger partial charge is 0.490 e. The lowest BCUT2D eigenvalue weighted by Gasteiger charge is -2.04. The molecule has 0 unspecified atom stereocenters. The van der Waals surface area contributed by atoms with E-state index >= 15 is 0 Å². The van der Waals surface area contributed by atoms with Gasteiger partial charge in [-0.2, -0.15) is 0 Å².